The molecule has 0 radical (unpaired) electrons. The Labute approximate surface area is 101 Å². The Kier molecular flexibility index (Phi) is 3.42. The molecule has 0 nitrogen and oxygen atoms in total. The van der Waals surface area contributed by atoms with E-state index in [2.05, 4.69) is 72.9 Å². The van der Waals surface area contributed by atoms with Gasteiger partial charge in [-0.3, -0.25) is 0 Å². The molecule has 0 aliphatic heterocycles. The van der Waals surface area contributed by atoms with Crippen LogP contribution in [0.25, 0.3) is 0 Å². The van der Waals surface area contributed by atoms with Crippen molar-refractivity contribution in [2.45, 2.75) is 27.7 Å². The van der Waals surface area contributed by atoms with E-state index < -0.39 is 0 Å². The third-order valence-electron chi connectivity index (χ3n) is 2.44. The van der Waals surface area contributed by atoms with Gasteiger partial charge in [0.15, 0.2) is 0 Å². The van der Waals surface area contributed by atoms with Gasteiger partial charge in [-0.1, -0.05) is 0 Å². The largest absolute Gasteiger partial charge is 0.0437 e. The van der Waals surface area contributed by atoms with Crippen LogP contribution in [0.2, 0.25) is 0 Å². The second kappa shape index (κ2) is 3.82. The molecule has 66 valence electrons. The van der Waals surface area contributed by atoms with Gasteiger partial charge in [0.05, 0.1) is 0 Å². The molecule has 0 saturated heterocycles. The zero-order valence-electron chi connectivity index (χ0n) is 7.76. The Balaban J connectivity index is 3.60. The quantitative estimate of drug-likeness (QED) is 0.589. The number of benzene rings is 1. The van der Waals surface area contributed by atoms with Crippen LogP contribution in [0.4, 0.5) is 0 Å². The average Bonchev–Trinajstić information content (AvgIpc) is 2.08. The normalized spacial score (nSPS) is 10.5. The zero-order valence-corrected chi connectivity index (χ0v) is 12.1. The fourth-order valence-electron chi connectivity index (χ4n) is 1.22. The van der Waals surface area contributed by atoms with Crippen molar-refractivity contribution in [1.29, 1.82) is 0 Å². The number of hydrogen-bond donors (Lipinski definition) is 0. The molecule has 0 aromatic heterocycles. The van der Waals surface area contributed by atoms with Crippen molar-refractivity contribution in [3.05, 3.63) is 29.4 Å². The summed E-state index contributed by atoms with van der Waals surface area (Å²) >= 11 is 4.87. The van der Waals surface area contributed by atoms with Gasteiger partial charge >= 0.3 is 0 Å². The second-order valence-electron chi connectivity index (χ2n) is 3.13. The summed E-state index contributed by atoms with van der Waals surface area (Å²) < 4.78 is 2.84. The molecule has 2 heteroatoms. The van der Waals surface area contributed by atoms with Crippen LogP contribution < -0.4 is 0 Å². The van der Waals surface area contributed by atoms with Gasteiger partial charge in [0.25, 0.3) is 0 Å². The van der Waals surface area contributed by atoms with Crippen LogP contribution >= 0.6 is 45.2 Å². The maximum atomic E-state index is 2.43. The van der Waals surface area contributed by atoms with E-state index in [1.165, 1.54) is 29.4 Å². The predicted molar refractivity (Wildman–Crippen MR) is 70.8 cm³/mol. The Bertz CT molecular complexity index is 222. The van der Waals surface area contributed by atoms with Crippen molar-refractivity contribution in [2.75, 3.05) is 0 Å². The average molecular weight is 386 g/mol. The third kappa shape index (κ3) is 1.64. The van der Waals surface area contributed by atoms with Crippen molar-refractivity contribution in [3.63, 3.8) is 0 Å². The van der Waals surface area contributed by atoms with Gasteiger partial charge in [-0.25, -0.2) is 0 Å². The number of halogens is 2. The fourth-order valence-corrected chi connectivity index (χ4v) is 2.84. The highest BCUT2D eigenvalue weighted by Crippen LogP contribution is 2.28. The molecular formula is C10H12I2. The minimum atomic E-state index is 1.42. The molecule has 0 heterocycles. The summed E-state index contributed by atoms with van der Waals surface area (Å²) in [5, 5.41) is 0. The molecule has 0 amide bonds. The SMILES string of the molecule is Cc1c(C)c(I)c(C)c(C)c1I. The minimum absolute atomic E-state index is 1.42. The van der Waals surface area contributed by atoms with E-state index in [1.807, 2.05) is 0 Å². The van der Waals surface area contributed by atoms with Crippen LogP contribution in [0.15, 0.2) is 0 Å². The number of hydrogen-bond acceptors (Lipinski definition) is 0. The molecule has 0 fully saturated rings. The highest BCUT2D eigenvalue weighted by molar-refractivity contribution is 14.1. The molecule has 0 atom stereocenters. The van der Waals surface area contributed by atoms with E-state index >= 15 is 0 Å². The van der Waals surface area contributed by atoms with Gasteiger partial charge in [-0.15, -0.1) is 0 Å². The first-order chi connectivity index (χ1) is 5.46. The molecule has 1 aromatic rings. The Morgan fingerprint density at radius 1 is 0.583 bits per heavy atom. The lowest BCUT2D eigenvalue weighted by Gasteiger charge is -2.13. The summed E-state index contributed by atoms with van der Waals surface area (Å²) in [6.45, 7) is 8.80. The van der Waals surface area contributed by atoms with Crippen molar-refractivity contribution >= 4 is 45.2 Å². The topological polar surface area (TPSA) is 0 Å². The van der Waals surface area contributed by atoms with Gasteiger partial charge in [-0.2, -0.15) is 0 Å². The summed E-state index contributed by atoms with van der Waals surface area (Å²) in [5.74, 6) is 0. The molecule has 0 bridgehead atoms. The second-order valence-corrected chi connectivity index (χ2v) is 5.29. The van der Waals surface area contributed by atoms with Crippen LogP contribution in [0.5, 0.6) is 0 Å². The fraction of sp³-hybridized carbons (Fsp3) is 0.400. The maximum absolute atomic E-state index is 2.43. The minimum Gasteiger partial charge on any atom is -0.0437 e. The maximum Gasteiger partial charge on any atom is 0.0194 e. The first-order valence-corrected chi connectivity index (χ1v) is 6.04. The molecule has 1 rings (SSSR count). The molecule has 0 N–H and O–H groups in total. The summed E-state index contributed by atoms with van der Waals surface area (Å²) in [6.07, 6.45) is 0. The van der Waals surface area contributed by atoms with Crippen LogP contribution in [-0.4, -0.2) is 0 Å². The van der Waals surface area contributed by atoms with E-state index in [-0.39, 0.29) is 0 Å². The van der Waals surface area contributed by atoms with E-state index in [9.17, 15) is 0 Å². The van der Waals surface area contributed by atoms with Gasteiger partial charge in [0.2, 0.25) is 0 Å². The van der Waals surface area contributed by atoms with Crippen LogP contribution in [0.1, 0.15) is 22.3 Å². The first-order valence-electron chi connectivity index (χ1n) is 3.88. The van der Waals surface area contributed by atoms with Crippen molar-refractivity contribution in [1.82, 2.24) is 0 Å². The van der Waals surface area contributed by atoms with Crippen LogP contribution in [0, 0.1) is 34.8 Å². The first kappa shape index (κ1) is 10.8. The van der Waals surface area contributed by atoms with Gasteiger partial charge < -0.3 is 0 Å². The van der Waals surface area contributed by atoms with E-state index in [4.69, 9.17) is 0 Å². The Hall–Kier alpha value is 0.680. The van der Waals surface area contributed by atoms with E-state index in [0.717, 1.165) is 0 Å². The smallest absolute Gasteiger partial charge is 0.0194 e. The van der Waals surface area contributed by atoms with Crippen molar-refractivity contribution in [2.24, 2.45) is 0 Å². The lowest BCUT2D eigenvalue weighted by molar-refractivity contribution is 1.19. The highest BCUT2D eigenvalue weighted by Gasteiger charge is 2.09. The molecule has 0 spiro atoms. The van der Waals surface area contributed by atoms with Gasteiger partial charge in [0, 0.05) is 7.14 Å². The summed E-state index contributed by atoms with van der Waals surface area (Å²) in [5.41, 5.74) is 5.73. The monoisotopic (exact) mass is 386 g/mol. The van der Waals surface area contributed by atoms with Crippen molar-refractivity contribution in [3.8, 4) is 0 Å². The Morgan fingerprint density at radius 2 is 0.750 bits per heavy atom. The lowest BCUT2D eigenvalue weighted by Crippen LogP contribution is -1.98. The summed E-state index contributed by atoms with van der Waals surface area (Å²) in [7, 11) is 0. The van der Waals surface area contributed by atoms with Gasteiger partial charge in [-0.05, 0) is 95.1 Å². The molecule has 0 unspecified atom stereocenters. The predicted octanol–water partition coefficient (Wildman–Crippen LogP) is 4.13. The zero-order chi connectivity index (χ0) is 9.46. The standard InChI is InChI=1S/C10H12I2/c1-5-6(2)10(12)8(4)7(3)9(5)11/h1-4H3. The Morgan fingerprint density at radius 3 is 0.917 bits per heavy atom. The van der Waals surface area contributed by atoms with Crippen LogP contribution in [0.3, 0.4) is 0 Å². The molecule has 0 saturated carbocycles. The molecular weight excluding hydrogens is 374 g/mol. The van der Waals surface area contributed by atoms with E-state index in [0.29, 0.717) is 0 Å². The molecule has 0 aliphatic rings. The molecule has 12 heavy (non-hydrogen) atoms. The number of rotatable bonds is 0. The third-order valence-corrected chi connectivity index (χ3v) is 5.68. The van der Waals surface area contributed by atoms with Crippen molar-refractivity contribution < 1.29 is 0 Å². The highest BCUT2D eigenvalue weighted by atomic mass is 127. The van der Waals surface area contributed by atoms with Crippen LogP contribution in [-0.2, 0) is 0 Å². The molecule has 1 aromatic carbocycles. The van der Waals surface area contributed by atoms with Gasteiger partial charge in [0.1, 0.15) is 0 Å². The summed E-state index contributed by atoms with van der Waals surface area (Å²) in [6, 6.07) is 0. The van der Waals surface area contributed by atoms with E-state index in [1.54, 1.807) is 0 Å². The lowest BCUT2D eigenvalue weighted by atomic mass is 10.0. The molecule has 0 aliphatic carbocycles. The summed E-state index contributed by atoms with van der Waals surface area (Å²) in [4.78, 5) is 0.